The van der Waals surface area contributed by atoms with E-state index in [9.17, 15) is 14.4 Å². The summed E-state index contributed by atoms with van der Waals surface area (Å²) in [6.07, 6.45) is 3.96. The number of carbonyl (C=O) groups is 3. The SMILES string of the molecule is CC(=O)CCNC(=O)[C@H](C)CC(=O)[C@@H](N)Cc1ncc[nH]1. The molecule has 7 heteroatoms. The maximum atomic E-state index is 12.0. The van der Waals surface area contributed by atoms with Crippen molar-refractivity contribution in [3.63, 3.8) is 0 Å². The summed E-state index contributed by atoms with van der Waals surface area (Å²) in [5, 5.41) is 2.63. The van der Waals surface area contributed by atoms with Crippen LogP contribution in [-0.4, -0.2) is 40.0 Å². The number of Topliss-reactive ketones (excluding diaryl/α,β-unsaturated/α-hetero) is 2. The van der Waals surface area contributed by atoms with Gasteiger partial charge in [-0.15, -0.1) is 0 Å². The number of nitrogens with zero attached hydrogens (tertiary/aromatic N) is 1. The number of amides is 1. The zero-order valence-electron chi connectivity index (χ0n) is 12.4. The van der Waals surface area contributed by atoms with Crippen molar-refractivity contribution in [1.29, 1.82) is 0 Å². The molecule has 0 spiro atoms. The van der Waals surface area contributed by atoms with E-state index in [0.29, 0.717) is 25.2 Å². The zero-order valence-corrected chi connectivity index (χ0v) is 12.4. The fraction of sp³-hybridized carbons (Fsp3) is 0.571. The standard InChI is InChI=1S/C14H22N4O3/c1-9(14(21)18-4-3-10(2)19)7-12(20)11(15)8-13-16-5-6-17-13/h5-6,9,11H,3-4,7-8,15H2,1-2H3,(H,16,17)(H,18,21)/t9-,11+/m1/s1. The van der Waals surface area contributed by atoms with Gasteiger partial charge in [-0.05, 0) is 6.92 Å². The van der Waals surface area contributed by atoms with Gasteiger partial charge < -0.3 is 16.0 Å². The first kappa shape index (κ1) is 17.0. The first-order valence-electron chi connectivity index (χ1n) is 6.93. The van der Waals surface area contributed by atoms with E-state index in [1.807, 2.05) is 0 Å². The van der Waals surface area contributed by atoms with E-state index in [1.54, 1.807) is 19.3 Å². The molecule has 116 valence electrons. The molecule has 0 radical (unpaired) electrons. The molecular formula is C14H22N4O3. The molecule has 0 aliphatic rings. The van der Waals surface area contributed by atoms with Crippen molar-refractivity contribution in [3.05, 3.63) is 18.2 Å². The Labute approximate surface area is 123 Å². The Morgan fingerprint density at radius 1 is 1.43 bits per heavy atom. The van der Waals surface area contributed by atoms with Crippen LogP contribution in [0.3, 0.4) is 0 Å². The quantitative estimate of drug-likeness (QED) is 0.591. The lowest BCUT2D eigenvalue weighted by Gasteiger charge is -2.14. The third-order valence-electron chi connectivity index (χ3n) is 3.11. The van der Waals surface area contributed by atoms with Gasteiger partial charge in [-0.3, -0.25) is 14.4 Å². The smallest absolute Gasteiger partial charge is 0.223 e. The first-order valence-corrected chi connectivity index (χ1v) is 6.93. The van der Waals surface area contributed by atoms with E-state index in [0.717, 1.165) is 0 Å². The van der Waals surface area contributed by atoms with E-state index < -0.39 is 12.0 Å². The van der Waals surface area contributed by atoms with Gasteiger partial charge in [-0.25, -0.2) is 4.98 Å². The molecule has 7 nitrogen and oxygen atoms in total. The molecule has 1 aromatic heterocycles. The summed E-state index contributed by atoms with van der Waals surface area (Å²) in [5.74, 6) is -0.226. The lowest BCUT2D eigenvalue weighted by atomic mass is 9.98. The monoisotopic (exact) mass is 294 g/mol. The number of aromatic nitrogens is 2. The summed E-state index contributed by atoms with van der Waals surface area (Å²) in [5.41, 5.74) is 5.81. The Hall–Kier alpha value is -2.02. The molecule has 0 bridgehead atoms. The van der Waals surface area contributed by atoms with Gasteiger partial charge in [0.15, 0.2) is 5.78 Å². The highest BCUT2D eigenvalue weighted by Crippen LogP contribution is 2.06. The van der Waals surface area contributed by atoms with Crippen LogP contribution in [0.15, 0.2) is 12.4 Å². The van der Waals surface area contributed by atoms with Crippen LogP contribution in [0, 0.1) is 5.92 Å². The molecule has 0 saturated carbocycles. The molecule has 0 aliphatic carbocycles. The first-order chi connectivity index (χ1) is 9.90. The van der Waals surface area contributed by atoms with Crippen LogP contribution in [-0.2, 0) is 20.8 Å². The van der Waals surface area contributed by atoms with Gasteiger partial charge in [-0.1, -0.05) is 6.92 Å². The number of ketones is 2. The summed E-state index contributed by atoms with van der Waals surface area (Å²) in [6, 6.07) is -0.677. The molecule has 0 fully saturated rings. The van der Waals surface area contributed by atoms with Crippen LogP contribution < -0.4 is 11.1 Å². The van der Waals surface area contributed by atoms with Gasteiger partial charge in [-0.2, -0.15) is 0 Å². The summed E-state index contributed by atoms with van der Waals surface area (Å²) >= 11 is 0. The summed E-state index contributed by atoms with van der Waals surface area (Å²) < 4.78 is 0. The van der Waals surface area contributed by atoms with Gasteiger partial charge in [0.25, 0.3) is 0 Å². The molecular weight excluding hydrogens is 272 g/mol. The Bertz CT molecular complexity index is 484. The second kappa shape index (κ2) is 8.31. The second-order valence-corrected chi connectivity index (χ2v) is 5.16. The Morgan fingerprint density at radius 2 is 2.14 bits per heavy atom. The fourth-order valence-corrected chi connectivity index (χ4v) is 1.81. The molecule has 0 aliphatic heterocycles. The van der Waals surface area contributed by atoms with Crippen molar-refractivity contribution in [3.8, 4) is 0 Å². The fourth-order valence-electron chi connectivity index (χ4n) is 1.81. The number of aromatic amines is 1. The van der Waals surface area contributed by atoms with Crippen molar-refractivity contribution in [2.24, 2.45) is 11.7 Å². The van der Waals surface area contributed by atoms with Crippen LogP contribution in [0.25, 0.3) is 0 Å². The lowest BCUT2D eigenvalue weighted by Crippen LogP contribution is -2.37. The minimum Gasteiger partial charge on any atom is -0.355 e. The Morgan fingerprint density at radius 3 is 2.71 bits per heavy atom. The number of nitrogens with one attached hydrogen (secondary N) is 2. The molecule has 0 aromatic carbocycles. The summed E-state index contributed by atoms with van der Waals surface area (Å²) in [7, 11) is 0. The largest absolute Gasteiger partial charge is 0.355 e. The van der Waals surface area contributed by atoms with Crippen LogP contribution in [0.1, 0.15) is 32.5 Å². The minimum atomic E-state index is -0.677. The predicted octanol–water partition coefficient (Wildman–Crippen LogP) is -0.0299. The van der Waals surface area contributed by atoms with Crippen LogP contribution in [0.4, 0.5) is 0 Å². The summed E-state index contributed by atoms with van der Waals surface area (Å²) in [4.78, 5) is 41.4. The Balaban J connectivity index is 2.35. The average Bonchev–Trinajstić information content (AvgIpc) is 2.90. The van der Waals surface area contributed by atoms with Gasteiger partial charge >= 0.3 is 0 Å². The van der Waals surface area contributed by atoms with Crippen LogP contribution in [0.5, 0.6) is 0 Å². The molecule has 1 aromatic rings. The van der Waals surface area contributed by atoms with E-state index in [4.69, 9.17) is 5.73 Å². The third-order valence-corrected chi connectivity index (χ3v) is 3.11. The van der Waals surface area contributed by atoms with Gasteiger partial charge in [0.1, 0.15) is 11.6 Å². The van der Waals surface area contributed by atoms with Crippen molar-refractivity contribution >= 4 is 17.5 Å². The maximum absolute atomic E-state index is 12.0. The molecule has 21 heavy (non-hydrogen) atoms. The topological polar surface area (TPSA) is 118 Å². The Kier molecular flexibility index (Phi) is 6.74. The molecule has 1 amide bonds. The third kappa shape index (κ3) is 6.31. The maximum Gasteiger partial charge on any atom is 0.223 e. The van der Waals surface area contributed by atoms with E-state index in [1.165, 1.54) is 6.92 Å². The van der Waals surface area contributed by atoms with Crippen molar-refractivity contribution < 1.29 is 14.4 Å². The van der Waals surface area contributed by atoms with Gasteiger partial charge in [0.05, 0.1) is 6.04 Å². The number of hydrogen-bond donors (Lipinski definition) is 3. The molecule has 2 atom stereocenters. The second-order valence-electron chi connectivity index (χ2n) is 5.16. The number of hydrogen-bond acceptors (Lipinski definition) is 5. The van der Waals surface area contributed by atoms with Crippen molar-refractivity contribution in [2.75, 3.05) is 6.54 Å². The molecule has 0 saturated heterocycles. The minimum absolute atomic E-state index is 0.0134. The van der Waals surface area contributed by atoms with Crippen LogP contribution in [0.2, 0.25) is 0 Å². The zero-order chi connectivity index (χ0) is 15.8. The lowest BCUT2D eigenvalue weighted by molar-refractivity contribution is -0.129. The van der Waals surface area contributed by atoms with E-state index in [-0.39, 0.29) is 23.9 Å². The molecule has 1 rings (SSSR count). The van der Waals surface area contributed by atoms with Gasteiger partial charge in [0, 0.05) is 44.1 Å². The molecule has 1 heterocycles. The number of rotatable bonds is 9. The number of nitrogens with two attached hydrogens (primary N) is 1. The van der Waals surface area contributed by atoms with Crippen LogP contribution >= 0.6 is 0 Å². The normalized spacial score (nSPS) is 13.5. The molecule has 0 unspecified atom stereocenters. The number of carbonyl (C=O) groups excluding carboxylic acids is 3. The average molecular weight is 294 g/mol. The van der Waals surface area contributed by atoms with Crippen molar-refractivity contribution in [1.82, 2.24) is 15.3 Å². The number of H-pyrrole nitrogens is 1. The highest BCUT2D eigenvalue weighted by Gasteiger charge is 2.21. The predicted molar refractivity (Wildman–Crippen MR) is 77.4 cm³/mol. The van der Waals surface area contributed by atoms with E-state index >= 15 is 0 Å². The summed E-state index contributed by atoms with van der Waals surface area (Å²) in [6.45, 7) is 3.43. The highest BCUT2D eigenvalue weighted by molar-refractivity contribution is 5.89. The highest BCUT2D eigenvalue weighted by atomic mass is 16.2. The number of imidazole rings is 1. The van der Waals surface area contributed by atoms with E-state index in [2.05, 4.69) is 15.3 Å². The molecule has 4 N–H and O–H groups in total. The van der Waals surface area contributed by atoms with Crippen molar-refractivity contribution in [2.45, 2.75) is 39.2 Å². The van der Waals surface area contributed by atoms with Gasteiger partial charge in [0.2, 0.25) is 5.91 Å².